The van der Waals surface area contributed by atoms with Gasteiger partial charge in [-0.05, 0) is 50.8 Å². The number of hydrogen-bond donors (Lipinski definition) is 2. The SMILES string of the molecule is CCNC(=NCCCCn1ccnc1C)NCCc1cccc(F)c1. The molecule has 0 amide bonds. The fourth-order valence-corrected chi connectivity index (χ4v) is 2.58. The van der Waals surface area contributed by atoms with Crippen molar-refractivity contribution in [2.24, 2.45) is 4.99 Å². The summed E-state index contributed by atoms with van der Waals surface area (Å²) in [5.41, 5.74) is 0.985. The van der Waals surface area contributed by atoms with E-state index in [9.17, 15) is 4.39 Å². The van der Waals surface area contributed by atoms with Crippen molar-refractivity contribution in [3.8, 4) is 0 Å². The summed E-state index contributed by atoms with van der Waals surface area (Å²) in [5.74, 6) is 1.68. The van der Waals surface area contributed by atoms with Crippen LogP contribution >= 0.6 is 0 Å². The molecule has 0 atom stereocenters. The number of halogens is 1. The van der Waals surface area contributed by atoms with Crippen LogP contribution in [0.5, 0.6) is 0 Å². The second-order valence-electron chi connectivity index (χ2n) is 5.94. The van der Waals surface area contributed by atoms with Gasteiger partial charge < -0.3 is 15.2 Å². The minimum absolute atomic E-state index is 0.189. The van der Waals surface area contributed by atoms with Crippen molar-refractivity contribution in [1.29, 1.82) is 0 Å². The van der Waals surface area contributed by atoms with E-state index < -0.39 is 0 Å². The van der Waals surface area contributed by atoms with Gasteiger partial charge in [0.1, 0.15) is 11.6 Å². The first-order chi connectivity index (χ1) is 12.2. The van der Waals surface area contributed by atoms with E-state index in [2.05, 4.69) is 25.2 Å². The van der Waals surface area contributed by atoms with Crippen LogP contribution in [0.25, 0.3) is 0 Å². The Morgan fingerprint density at radius 1 is 1.28 bits per heavy atom. The Hall–Kier alpha value is -2.37. The van der Waals surface area contributed by atoms with E-state index in [1.807, 2.05) is 32.3 Å². The number of nitrogens with zero attached hydrogens (tertiary/aromatic N) is 3. The summed E-state index contributed by atoms with van der Waals surface area (Å²) >= 11 is 0. The Kier molecular flexibility index (Phi) is 7.95. The molecule has 0 saturated carbocycles. The lowest BCUT2D eigenvalue weighted by molar-refractivity contribution is 0.600. The zero-order valence-electron chi connectivity index (χ0n) is 15.1. The van der Waals surface area contributed by atoms with Crippen LogP contribution in [0.2, 0.25) is 0 Å². The monoisotopic (exact) mass is 345 g/mol. The van der Waals surface area contributed by atoms with Gasteiger partial charge in [-0.2, -0.15) is 0 Å². The normalized spacial score (nSPS) is 11.6. The molecule has 136 valence electrons. The molecule has 1 heterocycles. The molecule has 2 aromatic rings. The van der Waals surface area contributed by atoms with E-state index in [4.69, 9.17) is 0 Å². The van der Waals surface area contributed by atoms with Crippen molar-refractivity contribution in [3.05, 3.63) is 53.9 Å². The third kappa shape index (κ3) is 6.95. The van der Waals surface area contributed by atoms with Crippen LogP contribution in [-0.4, -0.2) is 35.1 Å². The number of aromatic nitrogens is 2. The maximum Gasteiger partial charge on any atom is 0.191 e. The van der Waals surface area contributed by atoms with E-state index in [-0.39, 0.29) is 5.82 Å². The quantitative estimate of drug-likeness (QED) is 0.417. The summed E-state index contributed by atoms with van der Waals surface area (Å²) in [7, 11) is 0. The van der Waals surface area contributed by atoms with E-state index in [0.717, 1.165) is 62.8 Å². The number of aryl methyl sites for hydroxylation is 2. The van der Waals surface area contributed by atoms with Gasteiger partial charge in [0.25, 0.3) is 0 Å². The molecule has 0 radical (unpaired) electrons. The van der Waals surface area contributed by atoms with Crippen molar-refractivity contribution < 1.29 is 4.39 Å². The van der Waals surface area contributed by atoms with Crippen molar-refractivity contribution >= 4 is 5.96 Å². The molecular formula is C19H28FN5. The average molecular weight is 345 g/mol. The third-order valence-electron chi connectivity index (χ3n) is 3.94. The van der Waals surface area contributed by atoms with E-state index in [1.165, 1.54) is 6.07 Å². The molecule has 0 aliphatic carbocycles. The first-order valence-electron chi connectivity index (χ1n) is 8.93. The summed E-state index contributed by atoms with van der Waals surface area (Å²) in [5, 5.41) is 6.55. The molecule has 6 heteroatoms. The highest BCUT2D eigenvalue weighted by Gasteiger charge is 2.00. The van der Waals surface area contributed by atoms with Crippen LogP contribution in [0.15, 0.2) is 41.7 Å². The predicted molar refractivity (Wildman–Crippen MR) is 100 cm³/mol. The van der Waals surface area contributed by atoms with Crippen LogP contribution < -0.4 is 10.6 Å². The fraction of sp³-hybridized carbons (Fsp3) is 0.474. The highest BCUT2D eigenvalue weighted by molar-refractivity contribution is 5.79. The van der Waals surface area contributed by atoms with Crippen LogP contribution in [0.3, 0.4) is 0 Å². The molecule has 2 rings (SSSR count). The molecular weight excluding hydrogens is 317 g/mol. The van der Waals surface area contributed by atoms with Gasteiger partial charge in [-0.1, -0.05) is 12.1 Å². The second kappa shape index (κ2) is 10.5. The van der Waals surface area contributed by atoms with Crippen molar-refractivity contribution in [1.82, 2.24) is 20.2 Å². The summed E-state index contributed by atoms with van der Waals surface area (Å²) in [6.07, 6.45) is 6.71. The number of unbranched alkanes of at least 4 members (excludes halogenated alkanes) is 1. The topological polar surface area (TPSA) is 54.2 Å². The van der Waals surface area contributed by atoms with Gasteiger partial charge in [-0.15, -0.1) is 0 Å². The average Bonchev–Trinajstić information content (AvgIpc) is 3.00. The molecule has 2 N–H and O–H groups in total. The van der Waals surface area contributed by atoms with Crippen molar-refractivity contribution in [3.63, 3.8) is 0 Å². The molecule has 0 aliphatic rings. The maximum absolute atomic E-state index is 13.2. The number of aliphatic imine (C=N–C) groups is 1. The second-order valence-corrected chi connectivity index (χ2v) is 5.94. The van der Waals surface area contributed by atoms with Gasteiger partial charge in [0.2, 0.25) is 0 Å². The number of hydrogen-bond acceptors (Lipinski definition) is 2. The minimum atomic E-state index is -0.189. The fourth-order valence-electron chi connectivity index (χ4n) is 2.58. The first-order valence-corrected chi connectivity index (χ1v) is 8.93. The Bertz CT molecular complexity index is 665. The van der Waals surface area contributed by atoms with E-state index in [0.29, 0.717) is 0 Å². The van der Waals surface area contributed by atoms with Gasteiger partial charge in [-0.25, -0.2) is 9.37 Å². The third-order valence-corrected chi connectivity index (χ3v) is 3.94. The molecule has 0 bridgehead atoms. The molecule has 1 aromatic carbocycles. The highest BCUT2D eigenvalue weighted by Crippen LogP contribution is 2.03. The van der Waals surface area contributed by atoms with Gasteiger partial charge in [0, 0.05) is 38.6 Å². The zero-order chi connectivity index (χ0) is 17.9. The molecule has 0 unspecified atom stereocenters. The molecule has 0 spiro atoms. The Labute approximate surface area is 149 Å². The Morgan fingerprint density at radius 3 is 2.88 bits per heavy atom. The number of guanidine groups is 1. The number of imidazole rings is 1. The standard InChI is InChI=1S/C19H28FN5/c1-3-21-19(24-11-9-17-7-6-8-18(20)15-17)23-10-4-5-13-25-14-12-22-16(25)2/h6-8,12,14-15H,3-5,9-11,13H2,1-2H3,(H2,21,23,24). The molecule has 0 fully saturated rings. The minimum Gasteiger partial charge on any atom is -0.357 e. The number of nitrogens with one attached hydrogen (secondary N) is 2. The smallest absolute Gasteiger partial charge is 0.191 e. The van der Waals surface area contributed by atoms with E-state index in [1.54, 1.807) is 12.1 Å². The Morgan fingerprint density at radius 2 is 2.16 bits per heavy atom. The van der Waals surface area contributed by atoms with Gasteiger partial charge in [-0.3, -0.25) is 4.99 Å². The summed E-state index contributed by atoms with van der Waals surface area (Å²) < 4.78 is 15.3. The number of benzene rings is 1. The lowest BCUT2D eigenvalue weighted by Gasteiger charge is -2.11. The van der Waals surface area contributed by atoms with Gasteiger partial charge in [0.05, 0.1) is 0 Å². The molecule has 0 saturated heterocycles. The molecule has 5 nitrogen and oxygen atoms in total. The number of rotatable bonds is 9. The lowest BCUT2D eigenvalue weighted by atomic mass is 10.1. The van der Waals surface area contributed by atoms with Crippen LogP contribution in [0, 0.1) is 12.7 Å². The van der Waals surface area contributed by atoms with Gasteiger partial charge in [0.15, 0.2) is 5.96 Å². The zero-order valence-corrected chi connectivity index (χ0v) is 15.1. The first kappa shape index (κ1) is 19.0. The van der Waals surface area contributed by atoms with Gasteiger partial charge >= 0.3 is 0 Å². The molecule has 1 aromatic heterocycles. The van der Waals surface area contributed by atoms with Crippen LogP contribution in [-0.2, 0) is 13.0 Å². The summed E-state index contributed by atoms with van der Waals surface area (Å²) in [4.78, 5) is 8.82. The van der Waals surface area contributed by atoms with Crippen molar-refractivity contribution in [2.75, 3.05) is 19.6 Å². The molecule has 0 aliphatic heterocycles. The van der Waals surface area contributed by atoms with Crippen LogP contribution in [0.4, 0.5) is 4.39 Å². The van der Waals surface area contributed by atoms with E-state index >= 15 is 0 Å². The summed E-state index contributed by atoms with van der Waals surface area (Å²) in [6.45, 7) is 7.37. The maximum atomic E-state index is 13.2. The molecule has 25 heavy (non-hydrogen) atoms. The van der Waals surface area contributed by atoms with Crippen LogP contribution in [0.1, 0.15) is 31.2 Å². The lowest BCUT2D eigenvalue weighted by Crippen LogP contribution is -2.38. The predicted octanol–water partition coefficient (Wildman–Crippen LogP) is 2.91. The summed E-state index contributed by atoms with van der Waals surface area (Å²) in [6, 6.07) is 6.72. The Balaban J connectivity index is 1.69. The van der Waals surface area contributed by atoms with Crippen molar-refractivity contribution in [2.45, 2.75) is 39.7 Å². The largest absolute Gasteiger partial charge is 0.357 e. The highest BCUT2D eigenvalue weighted by atomic mass is 19.1.